The molecule has 0 spiro atoms. The SMILES string of the molecule is CC(C)CC(C)N1C(=O)C(C(C)C)NC1c1cccs1. The van der Waals surface area contributed by atoms with Crippen LogP contribution in [0.1, 0.15) is 52.1 Å². The maximum absolute atomic E-state index is 12.7. The second-order valence-corrected chi connectivity index (χ2v) is 7.51. The molecule has 3 unspecified atom stereocenters. The van der Waals surface area contributed by atoms with Crippen molar-refractivity contribution in [3.05, 3.63) is 22.4 Å². The van der Waals surface area contributed by atoms with Gasteiger partial charge < -0.3 is 4.90 Å². The lowest BCUT2D eigenvalue weighted by molar-refractivity contribution is -0.133. The summed E-state index contributed by atoms with van der Waals surface area (Å²) in [4.78, 5) is 16.0. The summed E-state index contributed by atoms with van der Waals surface area (Å²) in [5, 5.41) is 5.61. The number of thiophene rings is 1. The lowest BCUT2D eigenvalue weighted by atomic mass is 10.0. The first-order chi connectivity index (χ1) is 9.41. The Labute approximate surface area is 126 Å². The van der Waals surface area contributed by atoms with Crippen LogP contribution in [0, 0.1) is 11.8 Å². The van der Waals surface area contributed by atoms with Crippen molar-refractivity contribution in [3.8, 4) is 0 Å². The summed E-state index contributed by atoms with van der Waals surface area (Å²) < 4.78 is 0. The molecule has 1 aliphatic rings. The van der Waals surface area contributed by atoms with Crippen LogP contribution in [0.4, 0.5) is 0 Å². The zero-order valence-corrected chi connectivity index (χ0v) is 13.9. The van der Waals surface area contributed by atoms with Crippen molar-refractivity contribution < 1.29 is 4.79 Å². The van der Waals surface area contributed by atoms with Crippen LogP contribution in [-0.2, 0) is 4.79 Å². The predicted octanol–water partition coefficient (Wildman–Crippen LogP) is 3.64. The van der Waals surface area contributed by atoms with E-state index in [1.807, 2.05) is 0 Å². The molecule has 1 aliphatic heterocycles. The minimum atomic E-state index is -0.0586. The fourth-order valence-electron chi connectivity index (χ4n) is 3.02. The summed E-state index contributed by atoms with van der Waals surface area (Å²) in [6.45, 7) is 10.8. The van der Waals surface area contributed by atoms with Crippen LogP contribution < -0.4 is 5.32 Å². The molecule has 0 saturated carbocycles. The van der Waals surface area contributed by atoms with Gasteiger partial charge in [0.25, 0.3) is 0 Å². The second-order valence-electron chi connectivity index (χ2n) is 6.53. The largest absolute Gasteiger partial charge is 0.318 e. The van der Waals surface area contributed by atoms with E-state index in [1.165, 1.54) is 4.88 Å². The molecule has 3 nitrogen and oxygen atoms in total. The van der Waals surface area contributed by atoms with E-state index in [0.717, 1.165) is 6.42 Å². The Bertz CT molecular complexity index is 441. The van der Waals surface area contributed by atoms with Crippen molar-refractivity contribution in [1.82, 2.24) is 10.2 Å². The van der Waals surface area contributed by atoms with E-state index in [2.05, 4.69) is 62.3 Å². The van der Waals surface area contributed by atoms with Gasteiger partial charge in [0.1, 0.15) is 6.17 Å². The van der Waals surface area contributed by atoms with E-state index >= 15 is 0 Å². The van der Waals surface area contributed by atoms with Crippen LogP contribution in [0.3, 0.4) is 0 Å². The number of carbonyl (C=O) groups is 1. The summed E-state index contributed by atoms with van der Waals surface area (Å²) in [6, 6.07) is 4.38. The first kappa shape index (κ1) is 15.5. The van der Waals surface area contributed by atoms with Gasteiger partial charge >= 0.3 is 0 Å². The molecular formula is C16H26N2OS. The lowest BCUT2D eigenvalue weighted by Gasteiger charge is -2.31. The number of nitrogens with one attached hydrogen (secondary N) is 1. The van der Waals surface area contributed by atoms with E-state index in [4.69, 9.17) is 0 Å². The van der Waals surface area contributed by atoms with Crippen LogP contribution in [0.15, 0.2) is 17.5 Å². The topological polar surface area (TPSA) is 32.3 Å². The molecule has 0 radical (unpaired) electrons. The van der Waals surface area contributed by atoms with Gasteiger partial charge in [0, 0.05) is 10.9 Å². The van der Waals surface area contributed by atoms with E-state index < -0.39 is 0 Å². The molecule has 1 amide bonds. The number of carbonyl (C=O) groups excluding carboxylic acids is 1. The monoisotopic (exact) mass is 294 g/mol. The Balaban J connectivity index is 2.25. The maximum atomic E-state index is 12.7. The molecular weight excluding hydrogens is 268 g/mol. The Morgan fingerprint density at radius 3 is 2.50 bits per heavy atom. The summed E-state index contributed by atoms with van der Waals surface area (Å²) in [5.74, 6) is 1.17. The molecule has 2 rings (SSSR count). The Kier molecular flexibility index (Phi) is 4.86. The van der Waals surface area contributed by atoms with E-state index in [-0.39, 0.29) is 24.2 Å². The van der Waals surface area contributed by atoms with Crippen molar-refractivity contribution in [2.75, 3.05) is 0 Å². The predicted molar refractivity (Wildman–Crippen MR) is 84.6 cm³/mol. The smallest absolute Gasteiger partial charge is 0.241 e. The summed E-state index contributed by atoms with van der Waals surface area (Å²) in [7, 11) is 0. The average Bonchev–Trinajstić information content (AvgIpc) is 2.94. The van der Waals surface area contributed by atoms with Gasteiger partial charge in [0.15, 0.2) is 0 Å². The van der Waals surface area contributed by atoms with Gasteiger partial charge in [-0.25, -0.2) is 0 Å². The number of amides is 1. The molecule has 1 saturated heterocycles. The van der Waals surface area contributed by atoms with Crippen LogP contribution in [0.2, 0.25) is 0 Å². The van der Waals surface area contributed by atoms with Crippen LogP contribution in [-0.4, -0.2) is 22.9 Å². The quantitative estimate of drug-likeness (QED) is 0.899. The lowest BCUT2D eigenvalue weighted by Crippen LogP contribution is -2.39. The maximum Gasteiger partial charge on any atom is 0.241 e. The minimum absolute atomic E-state index is 0.0450. The van der Waals surface area contributed by atoms with Gasteiger partial charge in [-0.2, -0.15) is 0 Å². The van der Waals surface area contributed by atoms with E-state index in [0.29, 0.717) is 11.8 Å². The first-order valence-electron chi connectivity index (χ1n) is 7.53. The molecule has 112 valence electrons. The van der Waals surface area contributed by atoms with E-state index in [1.54, 1.807) is 11.3 Å². The van der Waals surface area contributed by atoms with E-state index in [9.17, 15) is 4.79 Å². The number of hydrogen-bond acceptors (Lipinski definition) is 3. The van der Waals surface area contributed by atoms with Crippen molar-refractivity contribution in [1.29, 1.82) is 0 Å². The third kappa shape index (κ3) is 3.07. The summed E-state index contributed by atoms with van der Waals surface area (Å²) in [5.41, 5.74) is 0. The number of hydrogen-bond donors (Lipinski definition) is 1. The van der Waals surface area contributed by atoms with Gasteiger partial charge in [-0.1, -0.05) is 33.8 Å². The Morgan fingerprint density at radius 2 is 2.00 bits per heavy atom. The molecule has 1 aromatic heterocycles. The Hall–Kier alpha value is -0.870. The summed E-state index contributed by atoms with van der Waals surface area (Å²) >= 11 is 1.72. The van der Waals surface area contributed by atoms with Crippen molar-refractivity contribution >= 4 is 17.2 Å². The number of rotatable bonds is 5. The number of nitrogens with zero attached hydrogens (tertiary/aromatic N) is 1. The normalized spacial score (nSPS) is 24.9. The molecule has 2 heterocycles. The highest BCUT2D eigenvalue weighted by Gasteiger charge is 2.43. The van der Waals surface area contributed by atoms with Crippen LogP contribution in [0.5, 0.6) is 0 Å². The molecule has 20 heavy (non-hydrogen) atoms. The molecule has 1 aromatic rings. The zero-order valence-electron chi connectivity index (χ0n) is 13.1. The van der Waals surface area contributed by atoms with Gasteiger partial charge in [0.05, 0.1) is 6.04 Å². The molecule has 3 atom stereocenters. The second kappa shape index (κ2) is 6.27. The highest BCUT2D eigenvalue weighted by Crippen LogP contribution is 2.33. The fraction of sp³-hybridized carbons (Fsp3) is 0.688. The average molecular weight is 294 g/mol. The molecule has 1 N–H and O–H groups in total. The van der Waals surface area contributed by atoms with Crippen molar-refractivity contribution in [2.45, 2.75) is 59.3 Å². The molecule has 0 aromatic carbocycles. The molecule has 4 heteroatoms. The molecule has 0 bridgehead atoms. The molecule has 0 aliphatic carbocycles. The van der Waals surface area contributed by atoms with Crippen molar-refractivity contribution in [2.24, 2.45) is 11.8 Å². The third-order valence-electron chi connectivity index (χ3n) is 3.90. The molecule has 1 fully saturated rings. The third-order valence-corrected chi connectivity index (χ3v) is 4.83. The van der Waals surface area contributed by atoms with Crippen LogP contribution in [0.25, 0.3) is 0 Å². The first-order valence-corrected chi connectivity index (χ1v) is 8.41. The zero-order chi connectivity index (χ0) is 14.9. The standard InChI is InChI=1S/C16H26N2OS/c1-10(2)9-12(5)18-15(13-7-6-8-20-13)17-14(11(3)4)16(18)19/h6-8,10-12,14-15,17H,9H2,1-5H3. The van der Waals surface area contributed by atoms with Gasteiger partial charge in [-0.05, 0) is 36.6 Å². The van der Waals surface area contributed by atoms with Gasteiger partial charge in [0.2, 0.25) is 5.91 Å². The van der Waals surface area contributed by atoms with Gasteiger partial charge in [-0.15, -0.1) is 11.3 Å². The highest BCUT2D eigenvalue weighted by molar-refractivity contribution is 7.10. The van der Waals surface area contributed by atoms with Gasteiger partial charge in [-0.3, -0.25) is 10.1 Å². The fourth-order valence-corrected chi connectivity index (χ4v) is 3.80. The summed E-state index contributed by atoms with van der Waals surface area (Å²) in [6.07, 6.45) is 1.09. The minimum Gasteiger partial charge on any atom is -0.318 e. The highest BCUT2D eigenvalue weighted by atomic mass is 32.1. The van der Waals surface area contributed by atoms with Crippen LogP contribution >= 0.6 is 11.3 Å². The van der Waals surface area contributed by atoms with Crippen molar-refractivity contribution in [3.63, 3.8) is 0 Å². The Morgan fingerprint density at radius 1 is 1.30 bits per heavy atom.